The molecular formula is C19H28ClNO5. The van der Waals surface area contributed by atoms with Crippen LogP contribution >= 0.6 is 11.6 Å². The van der Waals surface area contributed by atoms with Crippen molar-refractivity contribution in [3.8, 4) is 5.75 Å². The van der Waals surface area contributed by atoms with E-state index in [4.69, 9.17) is 31.0 Å². The number of nitrogens with zero attached hydrogens (tertiary/aromatic N) is 1. The van der Waals surface area contributed by atoms with Crippen LogP contribution in [0.4, 0.5) is 0 Å². The summed E-state index contributed by atoms with van der Waals surface area (Å²) in [5, 5.41) is 7.90. The van der Waals surface area contributed by atoms with Crippen LogP contribution in [-0.4, -0.2) is 54.8 Å². The number of carboxylic acids is 1. The van der Waals surface area contributed by atoms with E-state index < -0.39 is 5.97 Å². The minimum atomic E-state index is -0.833. The van der Waals surface area contributed by atoms with Crippen molar-refractivity contribution in [2.45, 2.75) is 27.2 Å². The van der Waals surface area contributed by atoms with Gasteiger partial charge < -0.3 is 19.5 Å². The van der Waals surface area contributed by atoms with Crippen molar-refractivity contribution in [3.63, 3.8) is 0 Å². The molecule has 0 unspecified atom stereocenters. The zero-order valence-electron chi connectivity index (χ0n) is 15.7. The number of esters is 1. The Labute approximate surface area is 160 Å². The van der Waals surface area contributed by atoms with Crippen LogP contribution in [-0.2, 0) is 20.7 Å². The van der Waals surface area contributed by atoms with Crippen molar-refractivity contribution in [2.24, 2.45) is 0 Å². The van der Waals surface area contributed by atoms with Crippen molar-refractivity contribution in [2.75, 3.05) is 32.8 Å². The van der Waals surface area contributed by atoms with Gasteiger partial charge in [-0.2, -0.15) is 0 Å². The molecule has 146 valence electrons. The topological polar surface area (TPSA) is 76.1 Å². The Morgan fingerprint density at radius 2 is 1.92 bits per heavy atom. The lowest BCUT2D eigenvalue weighted by Crippen LogP contribution is -2.28. The van der Waals surface area contributed by atoms with Gasteiger partial charge in [-0.05, 0) is 30.8 Å². The minimum absolute atomic E-state index is 0.208. The Morgan fingerprint density at radius 1 is 1.31 bits per heavy atom. The van der Waals surface area contributed by atoms with Crippen LogP contribution < -0.4 is 4.74 Å². The summed E-state index contributed by atoms with van der Waals surface area (Å²) in [6.45, 7) is 12.3. The number of hydrogen-bond donors (Lipinski definition) is 1. The van der Waals surface area contributed by atoms with Gasteiger partial charge in [0.05, 0.1) is 11.4 Å². The first-order valence-electron chi connectivity index (χ1n) is 8.43. The van der Waals surface area contributed by atoms with Crippen LogP contribution in [0.15, 0.2) is 30.9 Å². The molecule has 0 fully saturated rings. The first-order valence-corrected chi connectivity index (χ1v) is 8.81. The summed E-state index contributed by atoms with van der Waals surface area (Å²) in [6.07, 6.45) is 1.86. The van der Waals surface area contributed by atoms with Crippen LogP contribution in [0.1, 0.15) is 26.3 Å². The molecule has 0 aliphatic heterocycles. The molecule has 0 amide bonds. The molecule has 1 rings (SSSR count). The molecular weight excluding hydrogens is 358 g/mol. The Morgan fingerprint density at radius 3 is 2.42 bits per heavy atom. The van der Waals surface area contributed by atoms with Crippen LogP contribution in [0, 0.1) is 0 Å². The average molecular weight is 386 g/mol. The first-order chi connectivity index (χ1) is 12.3. The second-order valence-electron chi connectivity index (χ2n) is 5.31. The summed E-state index contributed by atoms with van der Waals surface area (Å²) >= 11 is 6.11. The maximum absolute atomic E-state index is 11.8. The number of ether oxygens (including phenoxy) is 2. The zero-order chi connectivity index (χ0) is 19.9. The fourth-order valence-corrected chi connectivity index (χ4v) is 2.22. The molecule has 6 nitrogen and oxygen atoms in total. The van der Waals surface area contributed by atoms with Crippen molar-refractivity contribution in [1.29, 1.82) is 0 Å². The zero-order valence-corrected chi connectivity index (χ0v) is 16.4. The number of benzene rings is 1. The molecule has 1 aromatic rings. The van der Waals surface area contributed by atoms with Gasteiger partial charge >= 0.3 is 5.97 Å². The van der Waals surface area contributed by atoms with E-state index in [0.29, 0.717) is 24.0 Å². The second-order valence-corrected chi connectivity index (χ2v) is 5.71. The number of likely N-dealkylation sites (N-methyl/N-ethyl adjacent to an activating group) is 1. The predicted molar refractivity (Wildman–Crippen MR) is 103 cm³/mol. The van der Waals surface area contributed by atoms with Crippen LogP contribution in [0.25, 0.3) is 0 Å². The smallest absolute Gasteiger partial charge is 0.310 e. The van der Waals surface area contributed by atoms with Gasteiger partial charge in [0.1, 0.15) is 19.0 Å². The maximum atomic E-state index is 11.8. The summed E-state index contributed by atoms with van der Waals surface area (Å²) in [4.78, 5) is 23.0. The van der Waals surface area contributed by atoms with Crippen LogP contribution in [0.2, 0.25) is 5.02 Å². The van der Waals surface area contributed by atoms with E-state index >= 15 is 0 Å². The summed E-state index contributed by atoms with van der Waals surface area (Å²) in [5.41, 5.74) is 0.809. The van der Waals surface area contributed by atoms with Gasteiger partial charge in [-0.25, -0.2) is 0 Å². The fraction of sp³-hybridized carbons (Fsp3) is 0.474. The lowest BCUT2D eigenvalue weighted by molar-refractivity contribution is -0.143. The third kappa shape index (κ3) is 11.5. The highest BCUT2D eigenvalue weighted by atomic mass is 35.5. The van der Waals surface area contributed by atoms with E-state index in [1.807, 2.05) is 6.07 Å². The molecule has 1 aromatic carbocycles. The van der Waals surface area contributed by atoms with Gasteiger partial charge in [-0.1, -0.05) is 44.2 Å². The quantitative estimate of drug-likeness (QED) is 0.491. The first kappa shape index (κ1) is 23.9. The van der Waals surface area contributed by atoms with Gasteiger partial charge in [0, 0.05) is 13.5 Å². The maximum Gasteiger partial charge on any atom is 0.310 e. The van der Waals surface area contributed by atoms with Crippen molar-refractivity contribution in [1.82, 2.24) is 4.90 Å². The minimum Gasteiger partial charge on any atom is -0.488 e. The molecule has 0 radical (unpaired) electrons. The predicted octanol–water partition coefficient (Wildman–Crippen LogP) is 3.42. The average Bonchev–Trinajstić information content (AvgIpc) is 2.57. The van der Waals surface area contributed by atoms with Crippen LogP contribution in [0.3, 0.4) is 0 Å². The Bertz CT molecular complexity index is 569. The van der Waals surface area contributed by atoms with Gasteiger partial charge in [0.2, 0.25) is 0 Å². The van der Waals surface area contributed by atoms with Gasteiger partial charge in [0.15, 0.2) is 0 Å². The monoisotopic (exact) mass is 385 g/mol. The highest BCUT2D eigenvalue weighted by molar-refractivity contribution is 6.32. The molecule has 0 heterocycles. The Hall–Kier alpha value is -2.05. The molecule has 0 atom stereocenters. The lowest BCUT2D eigenvalue weighted by Gasteiger charge is -2.17. The van der Waals surface area contributed by atoms with Gasteiger partial charge in [-0.15, -0.1) is 0 Å². The summed E-state index contributed by atoms with van der Waals surface area (Å²) < 4.78 is 10.6. The molecule has 1 N–H and O–H groups in total. The largest absolute Gasteiger partial charge is 0.488 e. The van der Waals surface area contributed by atoms with Gasteiger partial charge in [-0.3, -0.25) is 9.59 Å². The van der Waals surface area contributed by atoms with Crippen molar-refractivity contribution >= 4 is 23.5 Å². The number of carboxylic acid groups (broad SMARTS) is 1. The fourth-order valence-electron chi connectivity index (χ4n) is 1.97. The van der Waals surface area contributed by atoms with Crippen LogP contribution in [0.5, 0.6) is 5.75 Å². The summed E-state index contributed by atoms with van der Waals surface area (Å²) in [7, 11) is 0. The lowest BCUT2D eigenvalue weighted by atomic mass is 10.1. The summed E-state index contributed by atoms with van der Waals surface area (Å²) in [5.74, 6) is -0.497. The van der Waals surface area contributed by atoms with E-state index in [1.165, 1.54) is 0 Å². The standard InChI is InChI=1S/C17H24ClNO3.C2H4O2/c1-4-10-21-16-8-7-14(12-15(16)18)13-17(20)22-11-9-19(5-2)6-3;1-2(3)4/h4,7-8,12H,1,5-6,9-11,13H2,2-3H3;1H3,(H,3,4). The number of rotatable bonds is 10. The van der Waals surface area contributed by atoms with E-state index in [9.17, 15) is 4.79 Å². The number of carbonyl (C=O) groups is 2. The van der Waals surface area contributed by atoms with E-state index in [0.717, 1.165) is 32.1 Å². The second kappa shape index (κ2) is 14.2. The van der Waals surface area contributed by atoms with Crippen molar-refractivity contribution < 1.29 is 24.2 Å². The third-order valence-corrected chi connectivity index (χ3v) is 3.56. The Balaban J connectivity index is 0.00000141. The number of halogens is 1. The third-order valence-electron chi connectivity index (χ3n) is 3.27. The van der Waals surface area contributed by atoms with E-state index in [1.54, 1.807) is 18.2 Å². The van der Waals surface area contributed by atoms with E-state index in [-0.39, 0.29) is 12.4 Å². The molecule has 0 aliphatic rings. The molecule has 0 saturated heterocycles. The van der Waals surface area contributed by atoms with Gasteiger partial charge in [0.25, 0.3) is 5.97 Å². The molecule has 0 aliphatic carbocycles. The normalized spacial score (nSPS) is 9.88. The molecule has 0 aromatic heterocycles. The Kier molecular flexibility index (Phi) is 13.0. The molecule has 26 heavy (non-hydrogen) atoms. The molecule has 7 heteroatoms. The van der Waals surface area contributed by atoms with Crippen molar-refractivity contribution in [3.05, 3.63) is 41.4 Å². The highest BCUT2D eigenvalue weighted by Crippen LogP contribution is 2.25. The molecule has 0 bridgehead atoms. The number of carbonyl (C=O) groups excluding carboxylic acids is 1. The van der Waals surface area contributed by atoms with E-state index in [2.05, 4.69) is 25.3 Å². The highest BCUT2D eigenvalue weighted by Gasteiger charge is 2.09. The number of aliphatic carboxylic acids is 1. The molecule has 0 saturated carbocycles. The SMILES string of the molecule is C=CCOc1ccc(CC(=O)OCCN(CC)CC)cc1Cl.CC(=O)O. The number of hydrogen-bond acceptors (Lipinski definition) is 5. The summed E-state index contributed by atoms with van der Waals surface area (Å²) in [6, 6.07) is 5.30. The molecule has 0 spiro atoms.